The number of nitrogens with zero attached hydrogens (tertiary/aromatic N) is 1. The summed E-state index contributed by atoms with van der Waals surface area (Å²) in [4.78, 5) is 14.6. The summed E-state index contributed by atoms with van der Waals surface area (Å²) < 4.78 is 16.9. The lowest BCUT2D eigenvalue weighted by molar-refractivity contribution is -0.119. The molecule has 0 aliphatic carbocycles. The van der Waals surface area contributed by atoms with E-state index in [0.29, 0.717) is 24.6 Å². The third kappa shape index (κ3) is 3.25. The Morgan fingerprint density at radius 1 is 1.27 bits per heavy atom. The van der Waals surface area contributed by atoms with Crippen LogP contribution < -0.4 is 10.1 Å². The number of benzene rings is 2. The molecule has 3 aromatic rings. The van der Waals surface area contributed by atoms with Crippen LogP contribution in [0.1, 0.15) is 6.92 Å². The van der Waals surface area contributed by atoms with E-state index in [1.807, 2.05) is 43.3 Å². The number of para-hydroxylation sites is 1. The molecule has 1 saturated heterocycles. The molecule has 0 saturated carbocycles. The summed E-state index contributed by atoms with van der Waals surface area (Å²) in [5, 5.41) is 4.95. The molecule has 0 bridgehead atoms. The first-order valence-electron chi connectivity index (χ1n) is 8.77. The Hall–Kier alpha value is -2.57. The van der Waals surface area contributed by atoms with E-state index in [-0.39, 0.29) is 12.0 Å². The van der Waals surface area contributed by atoms with Crippen molar-refractivity contribution in [3.63, 3.8) is 0 Å². The van der Waals surface area contributed by atoms with Gasteiger partial charge >= 0.3 is 0 Å². The lowest BCUT2D eigenvalue weighted by Crippen LogP contribution is -2.44. The Balaban J connectivity index is 1.59. The monoisotopic (exact) mass is 354 g/mol. The predicted octanol–water partition coefficient (Wildman–Crippen LogP) is 3.25. The molecule has 6 nitrogen and oxygen atoms in total. The maximum absolute atomic E-state index is 12.5. The van der Waals surface area contributed by atoms with Gasteiger partial charge in [-0.25, -0.2) is 0 Å². The molecule has 2 aromatic carbocycles. The smallest absolute Gasteiger partial charge is 0.238 e. The van der Waals surface area contributed by atoms with Crippen LogP contribution in [0.15, 0.2) is 40.8 Å². The lowest BCUT2D eigenvalue weighted by atomic mass is 10.1. The van der Waals surface area contributed by atoms with Crippen LogP contribution in [0.5, 0.6) is 5.75 Å². The summed E-state index contributed by atoms with van der Waals surface area (Å²) in [6.45, 7) is 4.52. The Kier molecular flexibility index (Phi) is 4.53. The van der Waals surface area contributed by atoms with Gasteiger partial charge in [0.15, 0.2) is 0 Å². The number of morpholine rings is 1. The summed E-state index contributed by atoms with van der Waals surface area (Å²) in [6, 6.07) is 11.6. The first-order chi connectivity index (χ1) is 12.6. The highest BCUT2D eigenvalue weighted by molar-refractivity contribution is 6.07. The van der Waals surface area contributed by atoms with Gasteiger partial charge < -0.3 is 19.2 Å². The van der Waals surface area contributed by atoms with E-state index in [1.165, 1.54) is 0 Å². The highest BCUT2D eigenvalue weighted by Crippen LogP contribution is 2.36. The second kappa shape index (κ2) is 6.97. The number of nitrogens with one attached hydrogen (secondary N) is 1. The number of carbonyl (C=O) groups excluding carboxylic acids is 1. The summed E-state index contributed by atoms with van der Waals surface area (Å²) in [6.07, 6.45) is 0.151. The van der Waals surface area contributed by atoms with Crippen molar-refractivity contribution < 1.29 is 18.7 Å². The molecule has 26 heavy (non-hydrogen) atoms. The van der Waals surface area contributed by atoms with Gasteiger partial charge in [-0.05, 0) is 19.1 Å². The van der Waals surface area contributed by atoms with Crippen molar-refractivity contribution >= 4 is 33.5 Å². The molecule has 0 spiro atoms. The molecule has 1 atom stereocenters. The number of fused-ring (bicyclic) bond motifs is 3. The quantitative estimate of drug-likeness (QED) is 0.779. The van der Waals surface area contributed by atoms with E-state index in [9.17, 15) is 4.79 Å². The average Bonchev–Trinajstić information content (AvgIpc) is 2.98. The minimum absolute atomic E-state index is 0.0761. The van der Waals surface area contributed by atoms with Gasteiger partial charge in [-0.2, -0.15) is 0 Å². The standard InChI is InChI=1S/C20H22N2O4/c1-13-11-22(7-8-25-13)12-20(23)21-16-10-18-15(9-19(16)24-2)14-5-3-4-6-17(14)26-18/h3-6,9-10,13H,7-8,11-12H2,1-2H3,(H,21,23)/t13-/m1/s1. The molecule has 1 N–H and O–H groups in total. The summed E-state index contributed by atoms with van der Waals surface area (Å²) in [5.74, 6) is 0.542. The summed E-state index contributed by atoms with van der Waals surface area (Å²) in [7, 11) is 1.60. The van der Waals surface area contributed by atoms with Gasteiger partial charge in [0.2, 0.25) is 5.91 Å². The van der Waals surface area contributed by atoms with Crippen LogP contribution in [0.2, 0.25) is 0 Å². The molecule has 2 heterocycles. The molecule has 0 unspecified atom stereocenters. The topological polar surface area (TPSA) is 63.9 Å². The molecule has 6 heteroatoms. The molecule has 1 amide bonds. The number of hydrogen-bond acceptors (Lipinski definition) is 5. The molecule has 136 valence electrons. The average molecular weight is 354 g/mol. The fourth-order valence-corrected chi connectivity index (χ4v) is 3.45. The summed E-state index contributed by atoms with van der Waals surface area (Å²) in [5.41, 5.74) is 2.16. The van der Waals surface area contributed by atoms with Gasteiger partial charge in [-0.3, -0.25) is 9.69 Å². The zero-order valence-corrected chi connectivity index (χ0v) is 15.0. The van der Waals surface area contributed by atoms with E-state index < -0.39 is 0 Å². The molecule has 1 aromatic heterocycles. The molecule has 0 radical (unpaired) electrons. The largest absolute Gasteiger partial charge is 0.495 e. The molecule has 1 aliphatic heterocycles. The number of furan rings is 1. The lowest BCUT2D eigenvalue weighted by Gasteiger charge is -2.30. The van der Waals surface area contributed by atoms with Crippen molar-refractivity contribution in [3.05, 3.63) is 36.4 Å². The van der Waals surface area contributed by atoms with Crippen LogP contribution in [0, 0.1) is 0 Å². The number of methoxy groups -OCH3 is 1. The number of rotatable bonds is 4. The molecular weight excluding hydrogens is 332 g/mol. The Bertz CT molecular complexity index is 950. The maximum atomic E-state index is 12.5. The van der Waals surface area contributed by atoms with E-state index in [0.717, 1.165) is 35.0 Å². The van der Waals surface area contributed by atoms with Crippen LogP contribution in [0.25, 0.3) is 21.9 Å². The Morgan fingerprint density at radius 2 is 2.12 bits per heavy atom. The number of hydrogen-bond donors (Lipinski definition) is 1. The van der Waals surface area contributed by atoms with Crippen LogP contribution in [-0.4, -0.2) is 50.3 Å². The van der Waals surface area contributed by atoms with Crippen LogP contribution in [-0.2, 0) is 9.53 Å². The van der Waals surface area contributed by atoms with Crippen molar-refractivity contribution in [1.82, 2.24) is 4.90 Å². The van der Waals surface area contributed by atoms with Crippen LogP contribution in [0.3, 0.4) is 0 Å². The number of amides is 1. The van der Waals surface area contributed by atoms with Gasteiger partial charge in [0.05, 0.1) is 32.1 Å². The van der Waals surface area contributed by atoms with E-state index >= 15 is 0 Å². The van der Waals surface area contributed by atoms with Gasteiger partial charge in [0.25, 0.3) is 0 Å². The van der Waals surface area contributed by atoms with E-state index in [1.54, 1.807) is 7.11 Å². The Labute approximate surface area is 151 Å². The van der Waals surface area contributed by atoms with Crippen LogP contribution in [0.4, 0.5) is 5.69 Å². The maximum Gasteiger partial charge on any atom is 0.238 e. The van der Waals surface area contributed by atoms with Gasteiger partial charge in [-0.1, -0.05) is 18.2 Å². The zero-order valence-electron chi connectivity index (χ0n) is 15.0. The van der Waals surface area contributed by atoms with Crippen molar-refractivity contribution in [2.75, 3.05) is 38.7 Å². The van der Waals surface area contributed by atoms with Crippen molar-refractivity contribution in [3.8, 4) is 5.75 Å². The molecule has 1 fully saturated rings. The van der Waals surface area contributed by atoms with E-state index in [4.69, 9.17) is 13.9 Å². The Morgan fingerprint density at radius 3 is 2.92 bits per heavy atom. The summed E-state index contributed by atoms with van der Waals surface area (Å²) >= 11 is 0. The third-order valence-electron chi connectivity index (χ3n) is 4.67. The second-order valence-corrected chi connectivity index (χ2v) is 6.61. The minimum Gasteiger partial charge on any atom is -0.495 e. The predicted molar refractivity (Wildman–Crippen MR) is 101 cm³/mol. The molecule has 1 aliphatic rings. The highest BCUT2D eigenvalue weighted by atomic mass is 16.5. The van der Waals surface area contributed by atoms with Gasteiger partial charge in [0.1, 0.15) is 16.9 Å². The first kappa shape index (κ1) is 16.9. The first-order valence-corrected chi connectivity index (χ1v) is 8.77. The number of carbonyl (C=O) groups is 1. The van der Waals surface area contributed by atoms with Crippen molar-refractivity contribution in [2.45, 2.75) is 13.0 Å². The van der Waals surface area contributed by atoms with Crippen LogP contribution >= 0.6 is 0 Å². The van der Waals surface area contributed by atoms with Gasteiger partial charge in [0, 0.05) is 29.9 Å². The number of ether oxygens (including phenoxy) is 2. The third-order valence-corrected chi connectivity index (χ3v) is 4.67. The van der Waals surface area contributed by atoms with Crippen molar-refractivity contribution in [1.29, 1.82) is 0 Å². The second-order valence-electron chi connectivity index (χ2n) is 6.61. The fourth-order valence-electron chi connectivity index (χ4n) is 3.45. The number of anilines is 1. The highest BCUT2D eigenvalue weighted by Gasteiger charge is 2.20. The minimum atomic E-state index is -0.0761. The zero-order chi connectivity index (χ0) is 18.1. The molecular formula is C20H22N2O4. The normalized spacial score (nSPS) is 18.3. The SMILES string of the molecule is COc1cc2c(cc1NC(=O)CN1CCO[C@H](C)C1)oc1ccccc12. The fraction of sp³-hybridized carbons (Fsp3) is 0.350. The van der Waals surface area contributed by atoms with E-state index in [2.05, 4.69) is 10.2 Å². The van der Waals surface area contributed by atoms with Crippen molar-refractivity contribution in [2.24, 2.45) is 0 Å². The van der Waals surface area contributed by atoms with Gasteiger partial charge in [-0.15, -0.1) is 0 Å². The molecule has 4 rings (SSSR count).